The van der Waals surface area contributed by atoms with Crippen molar-refractivity contribution in [2.75, 3.05) is 6.54 Å². The summed E-state index contributed by atoms with van der Waals surface area (Å²) in [5.41, 5.74) is 1.68. The Hall–Kier alpha value is -1.51. The molecule has 1 rings (SSSR count). The molecule has 1 N–H and O–H groups in total. The SMILES string of the molecule is C=CC1=C(C=C)N(C(C)=O)C(C)CN1. The largest absolute Gasteiger partial charge is 0.381 e. The summed E-state index contributed by atoms with van der Waals surface area (Å²) in [7, 11) is 0. The van der Waals surface area contributed by atoms with E-state index in [-0.39, 0.29) is 11.9 Å². The maximum atomic E-state index is 11.4. The third kappa shape index (κ3) is 1.71. The van der Waals surface area contributed by atoms with Crippen LogP contribution in [0.1, 0.15) is 13.8 Å². The van der Waals surface area contributed by atoms with Crippen molar-refractivity contribution in [3.05, 3.63) is 36.7 Å². The van der Waals surface area contributed by atoms with E-state index in [9.17, 15) is 4.79 Å². The van der Waals surface area contributed by atoms with E-state index in [0.29, 0.717) is 0 Å². The van der Waals surface area contributed by atoms with Crippen LogP contribution in [-0.2, 0) is 4.79 Å². The zero-order valence-corrected chi connectivity index (χ0v) is 8.71. The van der Waals surface area contributed by atoms with Gasteiger partial charge in [-0.15, -0.1) is 0 Å². The highest BCUT2D eigenvalue weighted by molar-refractivity contribution is 5.77. The average molecular weight is 192 g/mol. The molecule has 0 aromatic heterocycles. The number of nitrogens with one attached hydrogen (secondary N) is 1. The first-order valence-electron chi connectivity index (χ1n) is 4.64. The number of hydrogen-bond donors (Lipinski definition) is 1. The second-order valence-corrected chi connectivity index (χ2v) is 3.33. The summed E-state index contributed by atoms with van der Waals surface area (Å²) in [5.74, 6) is 0.0354. The van der Waals surface area contributed by atoms with E-state index in [0.717, 1.165) is 17.9 Å². The molecule has 14 heavy (non-hydrogen) atoms. The summed E-state index contributed by atoms with van der Waals surface area (Å²) >= 11 is 0. The number of nitrogens with zero attached hydrogens (tertiary/aromatic N) is 1. The van der Waals surface area contributed by atoms with Gasteiger partial charge in [-0.25, -0.2) is 0 Å². The highest BCUT2D eigenvalue weighted by atomic mass is 16.2. The molecule has 0 spiro atoms. The molecule has 1 atom stereocenters. The number of rotatable bonds is 2. The molecule has 3 heteroatoms. The van der Waals surface area contributed by atoms with Crippen LogP contribution >= 0.6 is 0 Å². The fourth-order valence-electron chi connectivity index (χ4n) is 1.67. The van der Waals surface area contributed by atoms with Gasteiger partial charge in [0.2, 0.25) is 5.91 Å². The zero-order valence-electron chi connectivity index (χ0n) is 8.71. The van der Waals surface area contributed by atoms with Gasteiger partial charge in [-0.1, -0.05) is 13.2 Å². The van der Waals surface area contributed by atoms with Crippen LogP contribution in [0.3, 0.4) is 0 Å². The molecule has 0 saturated heterocycles. The Morgan fingerprint density at radius 1 is 1.57 bits per heavy atom. The van der Waals surface area contributed by atoms with Crippen LogP contribution in [0.15, 0.2) is 36.7 Å². The predicted octanol–water partition coefficient (Wildman–Crippen LogP) is 1.41. The minimum Gasteiger partial charge on any atom is -0.381 e. The lowest BCUT2D eigenvalue weighted by atomic mass is 10.1. The monoisotopic (exact) mass is 192 g/mol. The van der Waals surface area contributed by atoms with Gasteiger partial charge in [0.25, 0.3) is 0 Å². The van der Waals surface area contributed by atoms with Crippen LogP contribution in [0, 0.1) is 0 Å². The summed E-state index contributed by atoms with van der Waals surface area (Å²) in [6, 6.07) is 0.157. The van der Waals surface area contributed by atoms with Crippen molar-refractivity contribution >= 4 is 5.91 Å². The van der Waals surface area contributed by atoms with Gasteiger partial charge in [-0.2, -0.15) is 0 Å². The van der Waals surface area contributed by atoms with Crippen LogP contribution in [0.4, 0.5) is 0 Å². The van der Waals surface area contributed by atoms with Crippen LogP contribution in [0.2, 0.25) is 0 Å². The Balaban J connectivity index is 3.15. The summed E-state index contributed by atoms with van der Waals surface area (Å²) in [5, 5.41) is 3.20. The van der Waals surface area contributed by atoms with Crippen LogP contribution in [0.5, 0.6) is 0 Å². The molecule has 1 heterocycles. The van der Waals surface area contributed by atoms with Crippen LogP contribution in [0.25, 0.3) is 0 Å². The number of carbonyl (C=O) groups is 1. The smallest absolute Gasteiger partial charge is 0.224 e. The molecule has 0 fully saturated rings. The number of carbonyl (C=O) groups excluding carboxylic acids is 1. The minimum absolute atomic E-state index is 0.0354. The van der Waals surface area contributed by atoms with Gasteiger partial charge in [0.05, 0.1) is 17.4 Å². The fraction of sp³-hybridized carbons (Fsp3) is 0.364. The van der Waals surface area contributed by atoms with Crippen LogP contribution < -0.4 is 5.32 Å². The van der Waals surface area contributed by atoms with Crippen molar-refractivity contribution in [1.29, 1.82) is 0 Å². The first kappa shape index (κ1) is 10.6. The molecular formula is C11H16N2O. The molecular weight excluding hydrogens is 176 g/mol. The van der Waals surface area contributed by atoms with Crippen molar-refractivity contribution in [3.8, 4) is 0 Å². The molecule has 0 bridgehead atoms. The Morgan fingerprint density at radius 2 is 2.21 bits per heavy atom. The van der Waals surface area contributed by atoms with Crippen molar-refractivity contribution < 1.29 is 4.79 Å². The van der Waals surface area contributed by atoms with Crippen molar-refractivity contribution in [2.24, 2.45) is 0 Å². The minimum atomic E-state index is 0.0354. The highest BCUT2D eigenvalue weighted by Crippen LogP contribution is 2.19. The summed E-state index contributed by atoms with van der Waals surface area (Å²) in [6.45, 7) is 11.7. The first-order valence-corrected chi connectivity index (χ1v) is 4.64. The van der Waals surface area contributed by atoms with Gasteiger partial charge in [0.1, 0.15) is 0 Å². The second kappa shape index (κ2) is 4.13. The van der Waals surface area contributed by atoms with Crippen LogP contribution in [-0.4, -0.2) is 23.4 Å². The molecule has 0 aromatic carbocycles. The number of amides is 1. The predicted molar refractivity (Wildman–Crippen MR) is 57.4 cm³/mol. The zero-order chi connectivity index (χ0) is 10.7. The Bertz CT molecular complexity index is 304. The van der Waals surface area contributed by atoms with Gasteiger partial charge in [-0.05, 0) is 19.1 Å². The maximum Gasteiger partial charge on any atom is 0.224 e. The molecule has 1 amide bonds. The fourth-order valence-corrected chi connectivity index (χ4v) is 1.67. The average Bonchev–Trinajstić information content (AvgIpc) is 2.16. The normalized spacial score (nSPS) is 21.6. The summed E-state index contributed by atoms with van der Waals surface area (Å²) in [4.78, 5) is 13.2. The molecule has 1 aliphatic rings. The van der Waals surface area contributed by atoms with Crippen molar-refractivity contribution in [1.82, 2.24) is 10.2 Å². The highest BCUT2D eigenvalue weighted by Gasteiger charge is 2.25. The van der Waals surface area contributed by atoms with E-state index >= 15 is 0 Å². The van der Waals surface area contributed by atoms with Gasteiger partial charge >= 0.3 is 0 Å². The topological polar surface area (TPSA) is 32.3 Å². The van der Waals surface area contributed by atoms with Gasteiger partial charge < -0.3 is 10.2 Å². The Morgan fingerprint density at radius 3 is 2.64 bits per heavy atom. The lowest BCUT2D eigenvalue weighted by Gasteiger charge is -2.35. The van der Waals surface area contributed by atoms with Crippen molar-refractivity contribution in [3.63, 3.8) is 0 Å². The second-order valence-electron chi connectivity index (χ2n) is 3.33. The maximum absolute atomic E-state index is 11.4. The van der Waals surface area contributed by atoms with E-state index in [1.54, 1.807) is 24.0 Å². The van der Waals surface area contributed by atoms with E-state index in [4.69, 9.17) is 0 Å². The molecule has 0 aromatic rings. The molecule has 76 valence electrons. The van der Waals surface area contributed by atoms with E-state index in [2.05, 4.69) is 18.5 Å². The molecule has 1 unspecified atom stereocenters. The molecule has 0 aliphatic carbocycles. The molecule has 1 aliphatic heterocycles. The van der Waals surface area contributed by atoms with Gasteiger partial charge in [0, 0.05) is 13.5 Å². The molecule has 0 saturated carbocycles. The van der Waals surface area contributed by atoms with Gasteiger partial charge in [0.15, 0.2) is 0 Å². The molecule has 0 radical (unpaired) electrons. The number of allylic oxidation sites excluding steroid dienone is 2. The Labute approximate surface area is 84.8 Å². The summed E-state index contributed by atoms with van der Waals surface area (Å²) < 4.78 is 0. The number of hydrogen-bond acceptors (Lipinski definition) is 2. The van der Waals surface area contributed by atoms with E-state index in [1.807, 2.05) is 6.92 Å². The van der Waals surface area contributed by atoms with E-state index < -0.39 is 0 Å². The third-order valence-electron chi connectivity index (χ3n) is 2.30. The first-order chi connectivity index (χ1) is 6.61. The quantitative estimate of drug-likeness (QED) is 0.717. The Kier molecular flexibility index (Phi) is 3.12. The molecule has 3 nitrogen and oxygen atoms in total. The van der Waals surface area contributed by atoms with Gasteiger partial charge in [-0.3, -0.25) is 4.79 Å². The standard InChI is InChI=1S/C11H16N2O/c1-5-10-11(6-2)13(9(4)14)8(3)7-12-10/h5-6,8,12H,1-2,7H2,3-4H3. The van der Waals surface area contributed by atoms with E-state index in [1.165, 1.54) is 0 Å². The van der Waals surface area contributed by atoms with Crippen molar-refractivity contribution in [2.45, 2.75) is 19.9 Å². The third-order valence-corrected chi connectivity index (χ3v) is 2.30. The lowest BCUT2D eigenvalue weighted by molar-refractivity contribution is -0.128. The lowest BCUT2D eigenvalue weighted by Crippen LogP contribution is -2.47. The summed E-state index contributed by atoms with van der Waals surface area (Å²) in [6.07, 6.45) is 3.39.